The van der Waals surface area contributed by atoms with Gasteiger partial charge in [0.2, 0.25) is 0 Å². The Bertz CT molecular complexity index is 319. The predicted octanol–water partition coefficient (Wildman–Crippen LogP) is 2.42. The fraction of sp³-hybridized carbons (Fsp3) is 0.750. The summed E-state index contributed by atoms with van der Waals surface area (Å²) in [6.07, 6.45) is 6.23. The second kappa shape index (κ2) is 5.08. The largest absolute Gasteiger partial charge is 0.320 e. The fourth-order valence-corrected chi connectivity index (χ4v) is 3.41. The summed E-state index contributed by atoms with van der Waals surface area (Å²) in [5.74, 6) is 0.884. The molecule has 0 fully saturated rings. The van der Waals surface area contributed by atoms with Crippen LogP contribution in [0.3, 0.4) is 0 Å². The molecule has 1 atom stereocenters. The minimum Gasteiger partial charge on any atom is -0.320 e. The zero-order valence-electron chi connectivity index (χ0n) is 9.68. The van der Waals surface area contributed by atoms with E-state index in [4.69, 9.17) is 0 Å². The summed E-state index contributed by atoms with van der Waals surface area (Å²) in [5.41, 5.74) is 1.40. The van der Waals surface area contributed by atoms with Crippen LogP contribution in [-0.2, 0) is 19.3 Å². The van der Waals surface area contributed by atoms with E-state index >= 15 is 0 Å². The highest BCUT2D eigenvalue weighted by Crippen LogP contribution is 2.31. The van der Waals surface area contributed by atoms with Crippen molar-refractivity contribution in [3.63, 3.8) is 0 Å². The summed E-state index contributed by atoms with van der Waals surface area (Å²) in [4.78, 5) is 6.26. The summed E-state index contributed by atoms with van der Waals surface area (Å²) in [5, 5.41) is 4.57. The number of rotatable bonds is 4. The van der Waals surface area contributed by atoms with E-state index in [1.54, 1.807) is 4.88 Å². The van der Waals surface area contributed by atoms with Crippen molar-refractivity contribution in [3.8, 4) is 0 Å². The summed E-state index contributed by atoms with van der Waals surface area (Å²) < 4.78 is 0. The molecule has 0 saturated heterocycles. The molecule has 0 amide bonds. The minimum absolute atomic E-state index is 0.884. The van der Waals surface area contributed by atoms with Crippen molar-refractivity contribution in [1.82, 2.24) is 10.3 Å². The molecule has 84 valence electrons. The number of hydrogen-bond donors (Lipinski definition) is 1. The van der Waals surface area contributed by atoms with E-state index in [1.807, 2.05) is 18.4 Å². The van der Waals surface area contributed by atoms with Crippen molar-refractivity contribution in [1.29, 1.82) is 0 Å². The fourth-order valence-electron chi connectivity index (χ4n) is 2.24. The molecule has 1 N–H and O–H groups in total. The minimum atomic E-state index is 0.884. The molecule has 2 nitrogen and oxygen atoms in total. The Labute approximate surface area is 96.1 Å². The van der Waals surface area contributed by atoms with Crippen molar-refractivity contribution in [3.05, 3.63) is 15.6 Å². The summed E-state index contributed by atoms with van der Waals surface area (Å²) in [7, 11) is 2.04. The number of fused-ring (bicyclic) bond motifs is 1. The van der Waals surface area contributed by atoms with Crippen molar-refractivity contribution >= 4 is 11.3 Å². The Morgan fingerprint density at radius 3 is 3.13 bits per heavy atom. The highest BCUT2D eigenvalue weighted by Gasteiger charge is 2.21. The first-order chi connectivity index (χ1) is 7.33. The lowest BCUT2D eigenvalue weighted by molar-refractivity contribution is 0.422. The van der Waals surface area contributed by atoms with Crippen molar-refractivity contribution < 1.29 is 0 Å². The van der Waals surface area contributed by atoms with E-state index in [2.05, 4.69) is 17.2 Å². The topological polar surface area (TPSA) is 24.9 Å². The number of thiazole rings is 1. The van der Waals surface area contributed by atoms with Gasteiger partial charge >= 0.3 is 0 Å². The van der Waals surface area contributed by atoms with E-state index in [1.165, 1.54) is 36.4 Å². The summed E-state index contributed by atoms with van der Waals surface area (Å²) >= 11 is 1.94. The molecular formula is C12H20N2S. The second-order valence-electron chi connectivity index (χ2n) is 4.33. The third-order valence-electron chi connectivity index (χ3n) is 3.19. The first-order valence-electron chi connectivity index (χ1n) is 5.95. The molecule has 0 radical (unpaired) electrons. The molecule has 1 heterocycles. The molecule has 2 rings (SSSR count). The third-order valence-corrected chi connectivity index (χ3v) is 4.46. The maximum atomic E-state index is 4.69. The predicted molar refractivity (Wildman–Crippen MR) is 65.6 cm³/mol. The van der Waals surface area contributed by atoms with Crippen LogP contribution in [0.1, 0.15) is 35.3 Å². The molecule has 1 aromatic heterocycles. The summed E-state index contributed by atoms with van der Waals surface area (Å²) in [6, 6.07) is 0. The van der Waals surface area contributed by atoms with Crippen LogP contribution in [0, 0.1) is 5.92 Å². The molecule has 15 heavy (non-hydrogen) atoms. The van der Waals surface area contributed by atoms with E-state index in [9.17, 15) is 0 Å². The van der Waals surface area contributed by atoms with Crippen LogP contribution in [0.2, 0.25) is 0 Å². The second-order valence-corrected chi connectivity index (χ2v) is 5.50. The molecule has 3 heteroatoms. The molecule has 0 spiro atoms. The molecular weight excluding hydrogens is 204 g/mol. The van der Waals surface area contributed by atoms with Gasteiger partial charge in [0.05, 0.1) is 10.7 Å². The molecule has 1 aromatic rings. The zero-order valence-corrected chi connectivity index (χ0v) is 10.5. The van der Waals surface area contributed by atoms with E-state index in [-0.39, 0.29) is 0 Å². The van der Waals surface area contributed by atoms with E-state index in [0.717, 1.165) is 18.9 Å². The molecule has 0 aromatic carbocycles. The number of nitrogens with zero attached hydrogens (tertiary/aromatic N) is 1. The van der Waals surface area contributed by atoms with E-state index < -0.39 is 0 Å². The molecule has 1 aliphatic rings. The van der Waals surface area contributed by atoms with Crippen molar-refractivity contribution in [2.24, 2.45) is 5.92 Å². The van der Waals surface area contributed by atoms with Crippen LogP contribution in [0.15, 0.2) is 0 Å². The molecule has 0 saturated carbocycles. The lowest BCUT2D eigenvalue weighted by Crippen LogP contribution is -2.18. The molecule has 1 unspecified atom stereocenters. The van der Waals surface area contributed by atoms with Gasteiger partial charge in [0.1, 0.15) is 0 Å². The van der Waals surface area contributed by atoms with Crippen molar-refractivity contribution in [2.45, 2.75) is 39.0 Å². The average Bonchev–Trinajstić information content (AvgIpc) is 2.68. The molecule has 0 bridgehead atoms. The quantitative estimate of drug-likeness (QED) is 0.849. The number of nitrogens with one attached hydrogen (secondary N) is 1. The first-order valence-corrected chi connectivity index (χ1v) is 6.77. The van der Waals surface area contributed by atoms with Crippen molar-refractivity contribution in [2.75, 3.05) is 13.6 Å². The Balaban J connectivity index is 1.99. The molecule has 1 aliphatic carbocycles. The number of hydrogen-bond acceptors (Lipinski definition) is 3. The van der Waals surface area contributed by atoms with Gasteiger partial charge in [-0.1, -0.05) is 6.92 Å². The number of aryl methyl sites for hydroxylation is 2. The van der Waals surface area contributed by atoms with Gasteiger partial charge in [-0.3, -0.25) is 0 Å². The maximum Gasteiger partial charge on any atom is 0.0928 e. The monoisotopic (exact) mass is 224 g/mol. The zero-order chi connectivity index (χ0) is 10.7. The van der Waals surface area contributed by atoms with Crippen LogP contribution >= 0.6 is 11.3 Å². The van der Waals surface area contributed by atoms with Gasteiger partial charge < -0.3 is 5.32 Å². The van der Waals surface area contributed by atoms with Gasteiger partial charge in [-0.15, -0.1) is 11.3 Å². The van der Waals surface area contributed by atoms with Gasteiger partial charge in [0.25, 0.3) is 0 Å². The Morgan fingerprint density at radius 1 is 1.53 bits per heavy atom. The lowest BCUT2D eigenvalue weighted by atomic mass is 9.89. The van der Waals surface area contributed by atoms with Gasteiger partial charge in [0.15, 0.2) is 0 Å². The standard InChI is InChI=1S/C12H20N2S/c1-3-12-14-10-5-4-9(6-7-13-2)8-11(10)15-12/h9,13H,3-8H2,1-2H3. The van der Waals surface area contributed by atoms with Gasteiger partial charge in [-0.05, 0) is 51.6 Å². The summed E-state index contributed by atoms with van der Waals surface area (Å²) in [6.45, 7) is 3.35. The smallest absolute Gasteiger partial charge is 0.0928 e. The van der Waals surface area contributed by atoms with Crippen LogP contribution in [0.5, 0.6) is 0 Å². The Kier molecular flexibility index (Phi) is 3.76. The normalized spacial score (nSPS) is 20.3. The Morgan fingerprint density at radius 2 is 2.40 bits per heavy atom. The first kappa shape index (κ1) is 11.1. The molecule has 0 aliphatic heterocycles. The van der Waals surface area contributed by atoms with Crippen LogP contribution in [0.4, 0.5) is 0 Å². The number of aromatic nitrogens is 1. The highest BCUT2D eigenvalue weighted by molar-refractivity contribution is 7.11. The highest BCUT2D eigenvalue weighted by atomic mass is 32.1. The third kappa shape index (κ3) is 2.58. The Hall–Kier alpha value is -0.410. The van der Waals surface area contributed by atoms with Gasteiger partial charge in [-0.25, -0.2) is 4.98 Å². The van der Waals surface area contributed by atoms with Gasteiger partial charge in [-0.2, -0.15) is 0 Å². The van der Waals surface area contributed by atoms with Crippen LogP contribution in [0.25, 0.3) is 0 Å². The average molecular weight is 224 g/mol. The lowest BCUT2D eigenvalue weighted by Gasteiger charge is -2.20. The maximum absolute atomic E-state index is 4.69. The SMILES string of the molecule is CCc1nc2c(s1)CC(CCNC)CC2. The van der Waals surface area contributed by atoms with E-state index in [0.29, 0.717) is 0 Å². The van der Waals surface area contributed by atoms with Gasteiger partial charge in [0, 0.05) is 4.88 Å². The van der Waals surface area contributed by atoms with Crippen LogP contribution in [-0.4, -0.2) is 18.6 Å². The van der Waals surface area contributed by atoms with Crippen LogP contribution < -0.4 is 5.32 Å².